The molecule has 0 aliphatic carbocycles. The maximum absolute atomic E-state index is 10.7. The van der Waals surface area contributed by atoms with Gasteiger partial charge in [0.2, 0.25) is 0 Å². The molecule has 6 heteroatoms. The SMILES string of the molecule is Cc1nc(Nc2ccc(-c3ccc(C=O)o3)cc2)cc(N(C)C)n1. The van der Waals surface area contributed by atoms with Gasteiger partial charge in [-0.25, -0.2) is 9.97 Å². The number of nitrogens with one attached hydrogen (secondary N) is 1. The minimum atomic E-state index is 0.319. The van der Waals surface area contributed by atoms with Gasteiger partial charge in [-0.05, 0) is 43.3 Å². The van der Waals surface area contributed by atoms with Gasteiger partial charge in [-0.3, -0.25) is 4.79 Å². The van der Waals surface area contributed by atoms with Crippen LogP contribution in [0, 0.1) is 6.92 Å². The summed E-state index contributed by atoms with van der Waals surface area (Å²) >= 11 is 0. The molecule has 0 spiro atoms. The highest BCUT2D eigenvalue weighted by Gasteiger charge is 2.06. The summed E-state index contributed by atoms with van der Waals surface area (Å²) in [4.78, 5) is 21.4. The Morgan fingerprint density at radius 2 is 1.83 bits per heavy atom. The van der Waals surface area contributed by atoms with E-state index in [1.165, 1.54) is 0 Å². The fourth-order valence-electron chi connectivity index (χ4n) is 2.28. The minimum Gasteiger partial charge on any atom is -0.453 e. The Bertz CT molecular complexity index is 854. The zero-order valence-corrected chi connectivity index (χ0v) is 13.8. The summed E-state index contributed by atoms with van der Waals surface area (Å²) in [6, 6.07) is 13.1. The second kappa shape index (κ2) is 6.54. The van der Waals surface area contributed by atoms with Gasteiger partial charge in [0.15, 0.2) is 12.0 Å². The van der Waals surface area contributed by atoms with E-state index in [0.29, 0.717) is 23.6 Å². The van der Waals surface area contributed by atoms with Crippen molar-refractivity contribution in [2.75, 3.05) is 24.3 Å². The monoisotopic (exact) mass is 322 g/mol. The number of anilines is 3. The second-order valence-corrected chi connectivity index (χ2v) is 5.58. The Hall–Kier alpha value is -3.15. The molecule has 3 rings (SSSR count). The van der Waals surface area contributed by atoms with E-state index in [1.807, 2.05) is 56.3 Å². The van der Waals surface area contributed by atoms with Gasteiger partial charge in [0.05, 0.1) is 0 Å². The molecule has 0 fully saturated rings. The van der Waals surface area contributed by atoms with E-state index in [-0.39, 0.29) is 0 Å². The molecule has 0 saturated carbocycles. The van der Waals surface area contributed by atoms with Crippen molar-refractivity contribution in [3.63, 3.8) is 0 Å². The molecule has 0 atom stereocenters. The standard InChI is InChI=1S/C18H18N4O2/c1-12-19-17(10-18(20-12)22(2)3)21-14-6-4-13(5-7-14)16-9-8-15(11-23)24-16/h4-11H,1-3H3,(H,19,20,21). The number of aldehydes is 1. The molecule has 0 unspecified atom stereocenters. The third kappa shape index (κ3) is 3.43. The molecular formula is C18H18N4O2. The summed E-state index contributed by atoms with van der Waals surface area (Å²) < 4.78 is 5.42. The zero-order chi connectivity index (χ0) is 17.1. The Balaban J connectivity index is 1.80. The Morgan fingerprint density at radius 3 is 2.46 bits per heavy atom. The molecule has 24 heavy (non-hydrogen) atoms. The van der Waals surface area contributed by atoms with Gasteiger partial charge in [-0.1, -0.05) is 0 Å². The number of carbonyl (C=O) groups excluding carboxylic acids is 1. The first kappa shape index (κ1) is 15.7. The predicted octanol–water partition coefficient (Wildman–Crippen LogP) is 3.67. The maximum atomic E-state index is 10.7. The fourth-order valence-corrected chi connectivity index (χ4v) is 2.28. The van der Waals surface area contributed by atoms with Crippen LogP contribution in [0.3, 0.4) is 0 Å². The van der Waals surface area contributed by atoms with Crippen LogP contribution in [0.1, 0.15) is 16.4 Å². The number of rotatable bonds is 5. The average Bonchev–Trinajstić information content (AvgIpc) is 3.04. The molecular weight excluding hydrogens is 304 g/mol. The van der Waals surface area contributed by atoms with Crippen LogP contribution in [0.4, 0.5) is 17.3 Å². The van der Waals surface area contributed by atoms with Crippen molar-refractivity contribution in [1.82, 2.24) is 9.97 Å². The number of furan rings is 1. The van der Waals surface area contributed by atoms with Gasteiger partial charge in [-0.2, -0.15) is 0 Å². The van der Waals surface area contributed by atoms with Gasteiger partial charge >= 0.3 is 0 Å². The molecule has 6 nitrogen and oxygen atoms in total. The smallest absolute Gasteiger partial charge is 0.185 e. The van der Waals surface area contributed by atoms with Crippen molar-refractivity contribution in [3.8, 4) is 11.3 Å². The van der Waals surface area contributed by atoms with Gasteiger partial charge in [-0.15, -0.1) is 0 Å². The molecule has 2 aromatic heterocycles. The van der Waals surface area contributed by atoms with Crippen molar-refractivity contribution in [1.29, 1.82) is 0 Å². The molecule has 0 aliphatic heterocycles. The maximum Gasteiger partial charge on any atom is 0.185 e. The molecule has 0 amide bonds. The molecule has 0 aliphatic rings. The number of nitrogens with zero attached hydrogens (tertiary/aromatic N) is 3. The lowest BCUT2D eigenvalue weighted by Gasteiger charge is -2.14. The van der Waals surface area contributed by atoms with Crippen LogP contribution in [-0.2, 0) is 0 Å². The Labute approximate surface area is 140 Å². The van der Waals surface area contributed by atoms with E-state index < -0.39 is 0 Å². The van der Waals surface area contributed by atoms with Crippen LogP contribution >= 0.6 is 0 Å². The van der Waals surface area contributed by atoms with Crippen LogP contribution < -0.4 is 10.2 Å². The lowest BCUT2D eigenvalue weighted by Crippen LogP contribution is -2.12. The van der Waals surface area contributed by atoms with Crippen molar-refractivity contribution < 1.29 is 9.21 Å². The quantitative estimate of drug-likeness (QED) is 0.723. The summed E-state index contributed by atoms with van der Waals surface area (Å²) in [5, 5.41) is 3.27. The van der Waals surface area contributed by atoms with Gasteiger partial charge < -0.3 is 14.6 Å². The van der Waals surface area contributed by atoms with Gasteiger partial charge in [0, 0.05) is 31.4 Å². The third-order valence-electron chi connectivity index (χ3n) is 3.47. The molecule has 2 heterocycles. The van der Waals surface area contributed by atoms with Gasteiger partial charge in [0.1, 0.15) is 23.2 Å². The molecule has 122 valence electrons. The topological polar surface area (TPSA) is 71.3 Å². The molecule has 0 radical (unpaired) electrons. The highest BCUT2D eigenvalue weighted by atomic mass is 16.3. The summed E-state index contributed by atoms with van der Waals surface area (Å²) in [7, 11) is 3.88. The summed E-state index contributed by atoms with van der Waals surface area (Å²) in [5.41, 5.74) is 1.81. The number of hydrogen-bond donors (Lipinski definition) is 1. The van der Waals surface area contributed by atoms with Crippen LogP contribution in [0.25, 0.3) is 11.3 Å². The third-order valence-corrected chi connectivity index (χ3v) is 3.47. The van der Waals surface area contributed by atoms with E-state index in [9.17, 15) is 4.79 Å². The summed E-state index contributed by atoms with van der Waals surface area (Å²) in [6.45, 7) is 1.86. The van der Waals surface area contributed by atoms with Crippen molar-refractivity contribution in [2.24, 2.45) is 0 Å². The lowest BCUT2D eigenvalue weighted by molar-refractivity contribution is 0.110. The summed E-state index contributed by atoms with van der Waals surface area (Å²) in [5.74, 6) is 3.27. The number of aryl methyl sites for hydroxylation is 1. The van der Waals surface area contributed by atoms with E-state index >= 15 is 0 Å². The minimum absolute atomic E-state index is 0.319. The number of hydrogen-bond acceptors (Lipinski definition) is 6. The molecule has 3 aromatic rings. The summed E-state index contributed by atoms with van der Waals surface area (Å²) in [6.07, 6.45) is 0.694. The van der Waals surface area contributed by atoms with Crippen LogP contribution in [0.2, 0.25) is 0 Å². The van der Waals surface area contributed by atoms with E-state index in [1.54, 1.807) is 12.1 Å². The molecule has 0 bridgehead atoms. The van der Waals surface area contributed by atoms with Crippen molar-refractivity contribution in [2.45, 2.75) is 6.92 Å². The number of carbonyl (C=O) groups is 1. The molecule has 0 saturated heterocycles. The van der Waals surface area contributed by atoms with Crippen LogP contribution in [0.5, 0.6) is 0 Å². The fraction of sp³-hybridized carbons (Fsp3) is 0.167. The first-order valence-corrected chi connectivity index (χ1v) is 7.50. The number of aromatic nitrogens is 2. The lowest BCUT2D eigenvalue weighted by atomic mass is 10.1. The highest BCUT2D eigenvalue weighted by Crippen LogP contribution is 2.25. The molecule has 1 aromatic carbocycles. The van der Waals surface area contributed by atoms with E-state index in [2.05, 4.69) is 15.3 Å². The normalized spacial score (nSPS) is 10.5. The average molecular weight is 322 g/mol. The first-order chi connectivity index (χ1) is 11.5. The van der Waals surface area contributed by atoms with E-state index in [4.69, 9.17) is 4.42 Å². The van der Waals surface area contributed by atoms with Crippen molar-refractivity contribution in [3.05, 3.63) is 54.0 Å². The second-order valence-electron chi connectivity index (χ2n) is 5.58. The Kier molecular flexibility index (Phi) is 4.29. The zero-order valence-electron chi connectivity index (χ0n) is 13.8. The number of benzene rings is 1. The van der Waals surface area contributed by atoms with Crippen molar-refractivity contribution >= 4 is 23.6 Å². The first-order valence-electron chi connectivity index (χ1n) is 7.50. The predicted molar refractivity (Wildman–Crippen MR) is 93.9 cm³/mol. The van der Waals surface area contributed by atoms with E-state index in [0.717, 1.165) is 22.9 Å². The van der Waals surface area contributed by atoms with Crippen LogP contribution in [0.15, 0.2) is 46.9 Å². The largest absolute Gasteiger partial charge is 0.453 e. The van der Waals surface area contributed by atoms with Gasteiger partial charge in [0.25, 0.3) is 0 Å². The molecule has 1 N–H and O–H groups in total. The highest BCUT2D eigenvalue weighted by molar-refractivity contribution is 5.73. The van der Waals surface area contributed by atoms with Crippen LogP contribution in [-0.4, -0.2) is 30.3 Å². The Morgan fingerprint density at radius 1 is 1.08 bits per heavy atom.